The maximum Gasteiger partial charge on any atom is 0.267 e. The lowest BCUT2D eigenvalue weighted by atomic mass is 10.1. The first-order valence-corrected chi connectivity index (χ1v) is 6.68. The van der Waals surface area contributed by atoms with Crippen LogP contribution in [0.2, 0.25) is 0 Å². The summed E-state index contributed by atoms with van der Waals surface area (Å²) in [5, 5.41) is 0.567. The predicted octanol–water partition coefficient (Wildman–Crippen LogP) is 2.29. The van der Waals surface area contributed by atoms with Crippen LogP contribution >= 0.6 is 0 Å². The summed E-state index contributed by atoms with van der Waals surface area (Å²) in [7, 11) is 0. The van der Waals surface area contributed by atoms with Crippen molar-refractivity contribution in [2.75, 3.05) is 5.43 Å². The molecule has 0 spiro atoms. The molecule has 0 fully saturated rings. The minimum Gasteiger partial charge on any atom is -0.293 e. The van der Waals surface area contributed by atoms with Crippen molar-refractivity contribution < 1.29 is 0 Å². The lowest BCUT2D eigenvalue weighted by molar-refractivity contribution is 0.943. The second-order valence-corrected chi connectivity index (χ2v) is 4.96. The van der Waals surface area contributed by atoms with Gasteiger partial charge in [-0.3, -0.25) is 10.2 Å². The van der Waals surface area contributed by atoms with Gasteiger partial charge in [0.25, 0.3) is 5.56 Å². The fourth-order valence-corrected chi connectivity index (χ4v) is 2.43. The molecule has 0 atom stereocenters. The number of anilines is 1. The van der Waals surface area contributed by atoms with Crippen LogP contribution in [0.1, 0.15) is 11.1 Å². The molecule has 0 bridgehead atoms. The Hall–Kier alpha value is -2.66. The number of nitrogen functional groups attached to an aromatic ring is 1. The molecule has 0 radical (unpaired) electrons. The predicted molar refractivity (Wildman–Crippen MR) is 84.6 cm³/mol. The van der Waals surface area contributed by atoms with Crippen LogP contribution in [0.4, 0.5) is 5.95 Å². The van der Waals surface area contributed by atoms with E-state index in [-0.39, 0.29) is 5.56 Å². The first-order chi connectivity index (χ1) is 10.1. The van der Waals surface area contributed by atoms with Gasteiger partial charge >= 0.3 is 0 Å². The number of rotatable bonds is 2. The lowest BCUT2D eigenvalue weighted by Crippen LogP contribution is -2.26. The van der Waals surface area contributed by atoms with Gasteiger partial charge in [0.05, 0.1) is 16.6 Å². The minimum atomic E-state index is -0.137. The summed E-state index contributed by atoms with van der Waals surface area (Å²) in [6.07, 6.45) is 0. The summed E-state index contributed by atoms with van der Waals surface area (Å²) in [6, 6.07) is 13.1. The van der Waals surface area contributed by atoms with Crippen LogP contribution in [0, 0.1) is 13.8 Å². The van der Waals surface area contributed by atoms with E-state index < -0.39 is 0 Å². The maximum absolute atomic E-state index is 12.8. The van der Waals surface area contributed by atoms with Gasteiger partial charge in [0, 0.05) is 0 Å². The van der Waals surface area contributed by atoms with E-state index in [1.165, 1.54) is 4.57 Å². The SMILES string of the molecule is Cc1cccc(-n2c(NN)nc3ccccc3c2=O)c1C. The zero-order valence-electron chi connectivity index (χ0n) is 11.9. The summed E-state index contributed by atoms with van der Waals surface area (Å²) in [4.78, 5) is 17.2. The Labute approximate surface area is 122 Å². The number of nitrogens with two attached hydrogens (primary N) is 1. The maximum atomic E-state index is 12.8. The van der Waals surface area contributed by atoms with Crippen molar-refractivity contribution in [3.63, 3.8) is 0 Å². The van der Waals surface area contributed by atoms with Crippen molar-refractivity contribution in [2.24, 2.45) is 5.84 Å². The van der Waals surface area contributed by atoms with Crippen LogP contribution in [-0.4, -0.2) is 9.55 Å². The number of benzene rings is 2. The fourth-order valence-electron chi connectivity index (χ4n) is 2.43. The van der Waals surface area contributed by atoms with Crippen molar-refractivity contribution in [2.45, 2.75) is 13.8 Å². The zero-order chi connectivity index (χ0) is 15.0. The van der Waals surface area contributed by atoms with E-state index >= 15 is 0 Å². The third-order valence-electron chi connectivity index (χ3n) is 3.72. The molecule has 3 N–H and O–H groups in total. The summed E-state index contributed by atoms with van der Waals surface area (Å²) in [5.41, 5.74) is 5.92. The molecule has 3 aromatic rings. The number of hydrogen-bond donors (Lipinski definition) is 2. The molecular formula is C16H16N4O. The molecule has 21 heavy (non-hydrogen) atoms. The van der Waals surface area contributed by atoms with E-state index in [1.807, 2.05) is 44.2 Å². The molecule has 0 aliphatic rings. The molecule has 1 aromatic heterocycles. The largest absolute Gasteiger partial charge is 0.293 e. The average Bonchev–Trinajstić information content (AvgIpc) is 2.50. The van der Waals surface area contributed by atoms with E-state index in [1.54, 1.807) is 12.1 Å². The van der Waals surface area contributed by atoms with Gasteiger partial charge in [0.2, 0.25) is 5.95 Å². The number of nitrogens with one attached hydrogen (secondary N) is 1. The molecule has 0 saturated carbocycles. The first kappa shape index (κ1) is 13.3. The van der Waals surface area contributed by atoms with Gasteiger partial charge in [-0.25, -0.2) is 15.4 Å². The Kier molecular flexibility index (Phi) is 3.19. The monoisotopic (exact) mass is 280 g/mol. The molecule has 3 rings (SSSR count). The van der Waals surface area contributed by atoms with Crippen molar-refractivity contribution in [3.8, 4) is 5.69 Å². The summed E-state index contributed by atoms with van der Waals surface area (Å²) in [6.45, 7) is 3.99. The van der Waals surface area contributed by atoms with Gasteiger partial charge in [-0.15, -0.1) is 0 Å². The smallest absolute Gasteiger partial charge is 0.267 e. The number of fused-ring (bicyclic) bond motifs is 1. The Bertz CT molecular complexity index is 883. The van der Waals surface area contributed by atoms with Crippen LogP contribution in [0.15, 0.2) is 47.3 Å². The highest BCUT2D eigenvalue weighted by molar-refractivity contribution is 5.79. The van der Waals surface area contributed by atoms with Gasteiger partial charge in [0.1, 0.15) is 0 Å². The number of nitrogens with zero attached hydrogens (tertiary/aromatic N) is 2. The molecule has 106 valence electrons. The molecular weight excluding hydrogens is 264 g/mol. The quantitative estimate of drug-likeness (QED) is 0.558. The van der Waals surface area contributed by atoms with Gasteiger partial charge in [-0.2, -0.15) is 0 Å². The second-order valence-electron chi connectivity index (χ2n) is 4.96. The average molecular weight is 280 g/mol. The van der Waals surface area contributed by atoms with E-state index in [2.05, 4.69) is 10.4 Å². The third kappa shape index (κ3) is 2.08. The van der Waals surface area contributed by atoms with Gasteiger partial charge < -0.3 is 0 Å². The third-order valence-corrected chi connectivity index (χ3v) is 3.72. The Morgan fingerprint density at radius 3 is 2.62 bits per heavy atom. The second kappa shape index (κ2) is 5.03. The van der Waals surface area contributed by atoms with E-state index in [9.17, 15) is 4.79 Å². The van der Waals surface area contributed by atoms with E-state index in [0.29, 0.717) is 16.9 Å². The molecule has 5 nitrogen and oxygen atoms in total. The van der Waals surface area contributed by atoms with Crippen molar-refractivity contribution in [1.82, 2.24) is 9.55 Å². The molecule has 0 unspecified atom stereocenters. The Morgan fingerprint density at radius 1 is 1.10 bits per heavy atom. The highest BCUT2D eigenvalue weighted by atomic mass is 16.1. The molecule has 0 aliphatic heterocycles. The molecule has 0 saturated heterocycles. The topological polar surface area (TPSA) is 72.9 Å². The highest BCUT2D eigenvalue weighted by Crippen LogP contribution is 2.20. The molecule has 1 heterocycles. The normalized spacial score (nSPS) is 10.8. The van der Waals surface area contributed by atoms with Gasteiger partial charge in [0.15, 0.2) is 0 Å². The van der Waals surface area contributed by atoms with Crippen LogP contribution in [0.25, 0.3) is 16.6 Å². The molecule has 0 aliphatic carbocycles. The summed E-state index contributed by atoms with van der Waals surface area (Å²) < 4.78 is 1.52. The van der Waals surface area contributed by atoms with Crippen molar-refractivity contribution in [3.05, 3.63) is 63.9 Å². The van der Waals surface area contributed by atoms with Gasteiger partial charge in [-0.05, 0) is 43.2 Å². The van der Waals surface area contributed by atoms with E-state index in [4.69, 9.17) is 5.84 Å². The number of para-hydroxylation sites is 1. The van der Waals surface area contributed by atoms with Crippen LogP contribution in [0.3, 0.4) is 0 Å². The van der Waals surface area contributed by atoms with Crippen LogP contribution in [0.5, 0.6) is 0 Å². The minimum absolute atomic E-state index is 0.137. The summed E-state index contributed by atoms with van der Waals surface area (Å²) >= 11 is 0. The van der Waals surface area contributed by atoms with E-state index in [0.717, 1.165) is 16.8 Å². The molecule has 5 heteroatoms. The van der Waals surface area contributed by atoms with Gasteiger partial charge in [-0.1, -0.05) is 24.3 Å². The fraction of sp³-hybridized carbons (Fsp3) is 0.125. The van der Waals surface area contributed by atoms with Crippen LogP contribution in [-0.2, 0) is 0 Å². The number of aromatic nitrogens is 2. The Morgan fingerprint density at radius 2 is 1.86 bits per heavy atom. The highest BCUT2D eigenvalue weighted by Gasteiger charge is 2.13. The van der Waals surface area contributed by atoms with Crippen LogP contribution < -0.4 is 16.8 Å². The molecule has 2 aromatic carbocycles. The van der Waals surface area contributed by atoms with Crippen molar-refractivity contribution in [1.29, 1.82) is 0 Å². The Balaban J connectivity index is 2.44. The standard InChI is InChI=1S/C16H16N4O/c1-10-6-5-9-14(11(10)2)20-15(21)12-7-3-4-8-13(12)18-16(20)19-17/h3-9H,17H2,1-2H3,(H,18,19). The zero-order valence-corrected chi connectivity index (χ0v) is 11.9. The van der Waals surface area contributed by atoms with Crippen molar-refractivity contribution >= 4 is 16.9 Å². The number of hydrogen-bond acceptors (Lipinski definition) is 4. The molecule has 0 amide bonds. The number of aryl methyl sites for hydroxylation is 1. The lowest BCUT2D eigenvalue weighted by Gasteiger charge is -2.15. The number of hydrazine groups is 1. The summed E-state index contributed by atoms with van der Waals surface area (Å²) in [5.74, 6) is 5.89. The first-order valence-electron chi connectivity index (χ1n) is 6.68.